The maximum absolute atomic E-state index is 9.24. The zero-order valence-electron chi connectivity index (χ0n) is 9.45. The van der Waals surface area contributed by atoms with Crippen molar-refractivity contribution in [2.45, 2.75) is 25.9 Å². The molecule has 4 heteroatoms. The van der Waals surface area contributed by atoms with Gasteiger partial charge < -0.3 is 9.84 Å². The van der Waals surface area contributed by atoms with Crippen molar-refractivity contribution < 1.29 is 9.84 Å². The quantitative estimate of drug-likeness (QED) is 0.908. The molecule has 0 amide bonds. The number of halogens is 1. The number of nitrogens with zero attached hydrogens (tertiary/aromatic N) is 1. The van der Waals surface area contributed by atoms with E-state index < -0.39 is 0 Å². The first-order valence-corrected chi connectivity index (χ1v) is 6.37. The van der Waals surface area contributed by atoms with E-state index in [0.29, 0.717) is 18.8 Å². The molecule has 0 aliphatic heterocycles. The van der Waals surface area contributed by atoms with Crippen LogP contribution in [0.25, 0.3) is 0 Å². The number of benzene rings is 1. The van der Waals surface area contributed by atoms with Crippen molar-refractivity contribution in [2.75, 3.05) is 6.61 Å². The van der Waals surface area contributed by atoms with Crippen molar-refractivity contribution in [3.05, 3.63) is 28.2 Å². The van der Waals surface area contributed by atoms with E-state index in [2.05, 4.69) is 22.0 Å². The molecule has 0 heterocycles. The van der Waals surface area contributed by atoms with Crippen molar-refractivity contribution in [3.63, 3.8) is 0 Å². The van der Waals surface area contributed by atoms with Crippen LogP contribution in [0.1, 0.15) is 24.8 Å². The molecule has 2 rings (SSSR count). The number of ether oxygens (including phenoxy) is 1. The molecule has 17 heavy (non-hydrogen) atoms. The third kappa shape index (κ3) is 2.99. The third-order valence-corrected chi connectivity index (χ3v) is 3.63. The van der Waals surface area contributed by atoms with E-state index in [1.165, 1.54) is 0 Å². The Morgan fingerprint density at radius 2 is 2.24 bits per heavy atom. The maximum atomic E-state index is 9.24. The van der Waals surface area contributed by atoms with E-state index in [4.69, 9.17) is 10.00 Å². The summed E-state index contributed by atoms with van der Waals surface area (Å²) in [6.45, 7) is 0.523. The second-order valence-corrected chi connectivity index (χ2v) is 5.45. The van der Waals surface area contributed by atoms with Crippen LogP contribution in [0, 0.1) is 16.7 Å². The number of aliphatic hydroxyl groups is 1. The van der Waals surface area contributed by atoms with Gasteiger partial charge in [0.15, 0.2) is 0 Å². The molecule has 1 fully saturated rings. The lowest BCUT2D eigenvalue weighted by atomic mass is 10.1. The van der Waals surface area contributed by atoms with Crippen LogP contribution in [0.2, 0.25) is 0 Å². The predicted molar refractivity (Wildman–Crippen MR) is 67.5 cm³/mol. The van der Waals surface area contributed by atoms with Crippen LogP contribution in [-0.2, 0) is 6.61 Å². The van der Waals surface area contributed by atoms with Crippen molar-refractivity contribution in [2.24, 2.45) is 5.41 Å². The standard InChI is InChI=1S/C13H14BrNO2/c14-11-1-2-12(10(7-11)8-16)17-9-13(3-4-13)5-6-15/h1-2,7,16H,3-5,8-9H2. The van der Waals surface area contributed by atoms with E-state index in [0.717, 1.165) is 22.9 Å². The maximum Gasteiger partial charge on any atom is 0.124 e. The van der Waals surface area contributed by atoms with Gasteiger partial charge in [0, 0.05) is 21.9 Å². The molecule has 1 aliphatic carbocycles. The Kier molecular flexibility index (Phi) is 3.70. The van der Waals surface area contributed by atoms with Crippen molar-refractivity contribution in [1.82, 2.24) is 0 Å². The van der Waals surface area contributed by atoms with Gasteiger partial charge in [0.2, 0.25) is 0 Å². The molecule has 1 aliphatic rings. The molecule has 1 N–H and O–H groups in total. The van der Waals surface area contributed by atoms with Gasteiger partial charge in [-0.3, -0.25) is 0 Å². The lowest BCUT2D eigenvalue weighted by molar-refractivity contribution is 0.223. The first-order valence-electron chi connectivity index (χ1n) is 5.58. The molecule has 1 aromatic rings. The Labute approximate surface area is 109 Å². The summed E-state index contributed by atoms with van der Waals surface area (Å²) in [5.41, 5.74) is 0.835. The van der Waals surface area contributed by atoms with Crippen molar-refractivity contribution in [3.8, 4) is 11.8 Å². The third-order valence-electron chi connectivity index (χ3n) is 3.14. The summed E-state index contributed by atoms with van der Waals surface area (Å²) in [6.07, 6.45) is 2.68. The minimum absolute atomic E-state index is 0.0416. The molecule has 0 radical (unpaired) electrons. The number of rotatable bonds is 5. The summed E-state index contributed by atoms with van der Waals surface area (Å²) in [6, 6.07) is 7.79. The molecule has 0 bridgehead atoms. The Morgan fingerprint density at radius 3 is 2.82 bits per heavy atom. The molecule has 0 unspecified atom stereocenters. The van der Waals surface area contributed by atoms with E-state index in [-0.39, 0.29) is 12.0 Å². The van der Waals surface area contributed by atoms with Crippen LogP contribution in [0.5, 0.6) is 5.75 Å². The lowest BCUT2D eigenvalue weighted by Crippen LogP contribution is -2.13. The monoisotopic (exact) mass is 295 g/mol. The fourth-order valence-electron chi connectivity index (χ4n) is 1.76. The smallest absolute Gasteiger partial charge is 0.124 e. The minimum Gasteiger partial charge on any atom is -0.493 e. The van der Waals surface area contributed by atoms with Crippen LogP contribution >= 0.6 is 15.9 Å². The van der Waals surface area contributed by atoms with Gasteiger partial charge in [-0.25, -0.2) is 0 Å². The van der Waals surface area contributed by atoms with Gasteiger partial charge in [-0.15, -0.1) is 0 Å². The molecule has 0 atom stereocenters. The van der Waals surface area contributed by atoms with Gasteiger partial charge in [-0.1, -0.05) is 15.9 Å². The molecule has 0 spiro atoms. The highest BCUT2D eigenvalue weighted by Gasteiger charge is 2.43. The zero-order valence-corrected chi connectivity index (χ0v) is 11.0. The van der Waals surface area contributed by atoms with Gasteiger partial charge in [0.1, 0.15) is 5.75 Å². The Hall–Kier alpha value is -1.05. The summed E-state index contributed by atoms with van der Waals surface area (Å²) in [5, 5.41) is 18.0. The normalized spacial score (nSPS) is 16.3. The van der Waals surface area contributed by atoms with Crippen LogP contribution in [0.15, 0.2) is 22.7 Å². The highest BCUT2D eigenvalue weighted by Crippen LogP contribution is 2.48. The SMILES string of the molecule is N#CCC1(COc2ccc(Br)cc2CO)CC1. The molecule has 1 saturated carbocycles. The lowest BCUT2D eigenvalue weighted by Gasteiger charge is -2.15. The van der Waals surface area contributed by atoms with Gasteiger partial charge in [0.05, 0.1) is 19.3 Å². The second-order valence-electron chi connectivity index (χ2n) is 4.53. The van der Waals surface area contributed by atoms with Crippen LogP contribution in [-0.4, -0.2) is 11.7 Å². The second kappa shape index (κ2) is 5.07. The van der Waals surface area contributed by atoms with Gasteiger partial charge >= 0.3 is 0 Å². The first kappa shape index (κ1) is 12.4. The Morgan fingerprint density at radius 1 is 1.47 bits per heavy atom. The van der Waals surface area contributed by atoms with Gasteiger partial charge in [-0.05, 0) is 31.0 Å². The molecule has 90 valence electrons. The highest BCUT2D eigenvalue weighted by molar-refractivity contribution is 9.10. The number of aliphatic hydroxyl groups excluding tert-OH is 1. The number of hydrogen-bond acceptors (Lipinski definition) is 3. The summed E-state index contributed by atoms with van der Waals surface area (Å²) >= 11 is 3.36. The summed E-state index contributed by atoms with van der Waals surface area (Å²) in [7, 11) is 0. The molecule has 0 saturated heterocycles. The van der Waals surface area contributed by atoms with E-state index in [9.17, 15) is 5.11 Å². The van der Waals surface area contributed by atoms with Crippen LogP contribution in [0.3, 0.4) is 0 Å². The largest absolute Gasteiger partial charge is 0.493 e. The Bertz CT molecular complexity index is 449. The summed E-state index contributed by atoms with van der Waals surface area (Å²) < 4.78 is 6.65. The summed E-state index contributed by atoms with van der Waals surface area (Å²) in [5.74, 6) is 0.708. The average molecular weight is 296 g/mol. The fourth-order valence-corrected chi connectivity index (χ4v) is 2.17. The van der Waals surface area contributed by atoms with Crippen molar-refractivity contribution >= 4 is 15.9 Å². The average Bonchev–Trinajstić information content (AvgIpc) is 3.08. The van der Waals surface area contributed by atoms with E-state index >= 15 is 0 Å². The molecule has 3 nitrogen and oxygen atoms in total. The first-order chi connectivity index (χ1) is 8.19. The van der Waals surface area contributed by atoms with E-state index in [1.807, 2.05) is 18.2 Å². The van der Waals surface area contributed by atoms with Crippen LogP contribution in [0.4, 0.5) is 0 Å². The number of nitriles is 1. The topological polar surface area (TPSA) is 53.2 Å². The van der Waals surface area contributed by atoms with Gasteiger partial charge in [0.25, 0.3) is 0 Å². The number of hydrogen-bond donors (Lipinski definition) is 1. The highest BCUT2D eigenvalue weighted by atomic mass is 79.9. The van der Waals surface area contributed by atoms with Crippen molar-refractivity contribution in [1.29, 1.82) is 5.26 Å². The zero-order chi connectivity index (χ0) is 12.3. The fraction of sp³-hybridized carbons (Fsp3) is 0.462. The molecular formula is C13H14BrNO2. The molecular weight excluding hydrogens is 282 g/mol. The molecule has 1 aromatic carbocycles. The van der Waals surface area contributed by atoms with Crippen LogP contribution < -0.4 is 4.74 Å². The predicted octanol–water partition coefficient (Wildman–Crippen LogP) is 3.01. The minimum atomic E-state index is -0.0416. The Balaban J connectivity index is 2.02. The van der Waals surface area contributed by atoms with E-state index in [1.54, 1.807) is 0 Å². The molecule has 0 aromatic heterocycles. The van der Waals surface area contributed by atoms with Gasteiger partial charge in [-0.2, -0.15) is 5.26 Å². The summed E-state index contributed by atoms with van der Waals surface area (Å²) in [4.78, 5) is 0.